The van der Waals surface area contributed by atoms with Crippen LogP contribution in [0.25, 0.3) is 0 Å². The Morgan fingerprint density at radius 3 is 1.67 bits per heavy atom. The fraction of sp³-hybridized carbons (Fsp3) is 0.833. The molecule has 0 aromatic carbocycles. The Balaban J connectivity index is -0.000000202. The van der Waals surface area contributed by atoms with E-state index in [0.717, 1.165) is 0 Å². The number of aldehydes is 1. The van der Waals surface area contributed by atoms with E-state index < -0.39 is 31.0 Å². The topological polar surface area (TPSA) is 118 Å². The van der Waals surface area contributed by atoms with E-state index >= 15 is 0 Å². The van der Waals surface area contributed by atoms with Crippen molar-refractivity contribution in [1.82, 2.24) is 0 Å². The maximum absolute atomic E-state index is 9.90. The molecule has 2 radical (unpaired) electrons. The number of hydrogen-bond donors (Lipinski definition) is 5. The molecule has 0 aliphatic heterocycles. The summed E-state index contributed by atoms with van der Waals surface area (Å²) in [5.41, 5.74) is 0. The SMILES string of the molecule is O=C[C@H](O)[C@@H](O)[C@H](O)[C@H](O)CO.S.[Au].[Au]. The quantitative estimate of drug-likeness (QED) is 0.165. The summed E-state index contributed by atoms with van der Waals surface area (Å²) in [6, 6.07) is 0. The maximum atomic E-state index is 9.90. The fourth-order valence-corrected chi connectivity index (χ4v) is 0.618. The van der Waals surface area contributed by atoms with Crippen LogP contribution in [0.1, 0.15) is 0 Å². The van der Waals surface area contributed by atoms with E-state index in [1.54, 1.807) is 0 Å². The van der Waals surface area contributed by atoms with E-state index in [2.05, 4.69) is 0 Å². The first kappa shape index (κ1) is 25.2. The van der Waals surface area contributed by atoms with Crippen LogP contribution >= 0.6 is 13.5 Å². The van der Waals surface area contributed by atoms with Crippen molar-refractivity contribution >= 4 is 19.8 Å². The number of rotatable bonds is 5. The van der Waals surface area contributed by atoms with E-state index in [1.807, 2.05) is 0 Å². The molecule has 0 aromatic rings. The van der Waals surface area contributed by atoms with Crippen LogP contribution < -0.4 is 0 Å². The van der Waals surface area contributed by atoms with Gasteiger partial charge in [-0.05, 0) is 0 Å². The Kier molecular flexibility index (Phi) is 22.5. The molecule has 15 heavy (non-hydrogen) atoms. The number of hydrogen-bond acceptors (Lipinski definition) is 6. The van der Waals surface area contributed by atoms with Gasteiger partial charge in [-0.25, -0.2) is 0 Å². The molecular weight excluding hydrogens is 594 g/mol. The molecular formula is C6H14Au2O6S. The van der Waals surface area contributed by atoms with Crippen LogP contribution in [0.5, 0.6) is 0 Å². The summed E-state index contributed by atoms with van der Waals surface area (Å²) < 4.78 is 0. The Bertz CT molecular complexity index is 152. The van der Waals surface area contributed by atoms with Gasteiger partial charge in [-0.2, -0.15) is 13.5 Å². The first-order chi connectivity index (χ1) is 5.54. The van der Waals surface area contributed by atoms with Crippen LogP contribution in [0.3, 0.4) is 0 Å². The van der Waals surface area contributed by atoms with E-state index in [9.17, 15) is 4.79 Å². The van der Waals surface area contributed by atoms with Gasteiger partial charge in [-0.15, -0.1) is 0 Å². The van der Waals surface area contributed by atoms with E-state index in [-0.39, 0.29) is 64.5 Å². The second-order valence-electron chi connectivity index (χ2n) is 2.36. The molecule has 4 atom stereocenters. The molecule has 102 valence electrons. The molecule has 0 heterocycles. The molecule has 5 N–H and O–H groups in total. The molecule has 0 fully saturated rings. The second-order valence-corrected chi connectivity index (χ2v) is 2.36. The van der Waals surface area contributed by atoms with Crippen molar-refractivity contribution in [3.05, 3.63) is 0 Å². The van der Waals surface area contributed by atoms with Crippen LogP contribution in [-0.2, 0) is 49.6 Å². The van der Waals surface area contributed by atoms with Crippen LogP contribution in [0.15, 0.2) is 0 Å². The van der Waals surface area contributed by atoms with E-state index in [1.165, 1.54) is 0 Å². The van der Waals surface area contributed by atoms with Crippen LogP contribution in [0.2, 0.25) is 0 Å². The predicted octanol–water partition coefficient (Wildman–Crippen LogP) is -3.27. The first-order valence-corrected chi connectivity index (χ1v) is 3.33. The van der Waals surface area contributed by atoms with Crippen molar-refractivity contribution in [3.8, 4) is 0 Å². The Hall–Kier alpha value is 1.30. The predicted molar refractivity (Wildman–Crippen MR) is 47.6 cm³/mol. The zero-order valence-electron chi connectivity index (χ0n) is 7.34. The Labute approximate surface area is 125 Å². The average Bonchev–Trinajstić information content (AvgIpc) is 2.12. The molecule has 0 spiro atoms. The third-order valence-corrected chi connectivity index (χ3v) is 1.42. The third kappa shape index (κ3) is 9.04. The zero-order chi connectivity index (χ0) is 9.72. The Morgan fingerprint density at radius 2 is 1.40 bits per heavy atom. The fourth-order valence-electron chi connectivity index (χ4n) is 0.618. The number of carbonyl (C=O) groups is 1. The van der Waals surface area contributed by atoms with Crippen molar-refractivity contribution in [3.63, 3.8) is 0 Å². The molecule has 0 aliphatic carbocycles. The van der Waals surface area contributed by atoms with E-state index in [4.69, 9.17) is 25.5 Å². The standard InChI is InChI=1S/C6H12O6.2Au.H2S/c7-1-3(9)5(11)6(12)4(10)2-8;;;/h1,3-6,8-12H,2H2;;;1H2/t3-,4+,5+,6+;;;/m0.../s1. The van der Waals surface area contributed by atoms with Gasteiger partial charge in [-0.1, -0.05) is 0 Å². The minimum absolute atomic E-state index is 0. The van der Waals surface area contributed by atoms with Crippen LogP contribution in [-0.4, -0.2) is 62.8 Å². The average molecular weight is 608 g/mol. The van der Waals surface area contributed by atoms with Crippen molar-refractivity contribution in [2.75, 3.05) is 6.61 Å². The number of aliphatic hydroxyl groups excluding tert-OH is 5. The van der Waals surface area contributed by atoms with Crippen molar-refractivity contribution < 1.29 is 75.1 Å². The van der Waals surface area contributed by atoms with Crippen molar-refractivity contribution in [2.24, 2.45) is 0 Å². The monoisotopic (exact) mass is 608 g/mol. The van der Waals surface area contributed by atoms with Gasteiger partial charge in [0.2, 0.25) is 0 Å². The van der Waals surface area contributed by atoms with Crippen LogP contribution in [0, 0.1) is 0 Å². The van der Waals surface area contributed by atoms with Gasteiger partial charge in [0.15, 0.2) is 6.29 Å². The van der Waals surface area contributed by atoms with E-state index in [0.29, 0.717) is 0 Å². The normalized spacial score (nSPS) is 16.9. The summed E-state index contributed by atoms with van der Waals surface area (Å²) >= 11 is 0. The molecule has 9 heteroatoms. The first-order valence-electron chi connectivity index (χ1n) is 3.33. The summed E-state index contributed by atoms with van der Waals surface area (Å²) in [7, 11) is 0. The van der Waals surface area contributed by atoms with Crippen molar-refractivity contribution in [2.45, 2.75) is 24.4 Å². The minimum Gasteiger partial charge on any atom is -0.394 e. The molecule has 0 aromatic heterocycles. The van der Waals surface area contributed by atoms with Crippen LogP contribution in [0.4, 0.5) is 0 Å². The minimum atomic E-state index is -1.79. The smallest absolute Gasteiger partial charge is 0.151 e. The molecule has 0 amide bonds. The van der Waals surface area contributed by atoms with Gasteiger partial charge in [0.25, 0.3) is 0 Å². The zero-order valence-corrected chi connectivity index (χ0v) is 12.7. The molecule has 0 rings (SSSR count). The summed E-state index contributed by atoms with van der Waals surface area (Å²) in [6.07, 6.45) is -6.84. The molecule has 0 aliphatic rings. The molecule has 0 bridgehead atoms. The van der Waals surface area contributed by atoms with Gasteiger partial charge in [0.1, 0.15) is 24.4 Å². The molecule has 0 saturated heterocycles. The van der Waals surface area contributed by atoms with Gasteiger partial charge in [-0.3, -0.25) is 0 Å². The number of carbonyl (C=O) groups excluding carboxylic acids is 1. The summed E-state index contributed by atoms with van der Waals surface area (Å²) in [5.74, 6) is 0. The molecule has 6 nitrogen and oxygen atoms in total. The summed E-state index contributed by atoms with van der Waals surface area (Å²) in [5, 5.41) is 43.5. The van der Waals surface area contributed by atoms with Crippen molar-refractivity contribution in [1.29, 1.82) is 0 Å². The molecule has 0 unspecified atom stereocenters. The molecule has 0 saturated carbocycles. The summed E-state index contributed by atoms with van der Waals surface area (Å²) in [6.45, 7) is -0.760. The van der Waals surface area contributed by atoms with Gasteiger partial charge >= 0.3 is 0 Å². The Morgan fingerprint density at radius 1 is 1.00 bits per heavy atom. The maximum Gasteiger partial charge on any atom is 0.151 e. The summed E-state index contributed by atoms with van der Waals surface area (Å²) in [4.78, 5) is 9.90. The van der Waals surface area contributed by atoms with Gasteiger partial charge in [0, 0.05) is 44.8 Å². The third-order valence-electron chi connectivity index (χ3n) is 1.42. The number of aliphatic hydroxyl groups is 5. The largest absolute Gasteiger partial charge is 0.394 e. The van der Waals surface area contributed by atoms with Gasteiger partial charge < -0.3 is 30.3 Å². The van der Waals surface area contributed by atoms with Gasteiger partial charge in [0.05, 0.1) is 6.61 Å². The second kappa shape index (κ2) is 13.4.